The number of sulfonamides is 1. The summed E-state index contributed by atoms with van der Waals surface area (Å²) in [5.41, 5.74) is -1.01. The minimum Gasteiger partial charge on any atom is -0.326 e. The fourth-order valence-electron chi connectivity index (χ4n) is 7.18. The third kappa shape index (κ3) is 4.16. The molecule has 5 aliphatic rings. The van der Waals surface area contributed by atoms with E-state index in [-0.39, 0.29) is 29.1 Å². The zero-order chi connectivity index (χ0) is 23.4. The average molecular weight is 495 g/mol. The Morgan fingerprint density at radius 2 is 1.94 bits per heavy atom. The van der Waals surface area contributed by atoms with Crippen molar-refractivity contribution < 1.29 is 17.6 Å². The average Bonchev–Trinajstić information content (AvgIpc) is 3.21. The number of benzene rings is 1. The van der Waals surface area contributed by atoms with Crippen molar-refractivity contribution in [1.82, 2.24) is 14.9 Å². The Kier molecular flexibility index (Phi) is 5.72. The molecular formula is C23H28ClFN4O3S. The molecule has 1 amide bonds. The molecule has 1 aromatic carbocycles. The predicted molar refractivity (Wildman–Crippen MR) is 120 cm³/mol. The first-order chi connectivity index (χ1) is 15.6. The highest BCUT2D eigenvalue weighted by Gasteiger charge is 2.59. The molecule has 33 heavy (non-hydrogen) atoms. The van der Waals surface area contributed by atoms with E-state index in [1.807, 2.05) is 0 Å². The second-order valence-corrected chi connectivity index (χ2v) is 12.5. The topological polar surface area (TPSA) is 102 Å². The normalized spacial score (nSPS) is 35.1. The van der Waals surface area contributed by atoms with Crippen LogP contribution in [0.4, 0.5) is 4.39 Å². The number of amides is 1. The van der Waals surface area contributed by atoms with Gasteiger partial charge >= 0.3 is 0 Å². The van der Waals surface area contributed by atoms with E-state index in [0.717, 1.165) is 25.7 Å². The predicted octanol–water partition coefficient (Wildman–Crippen LogP) is 2.95. The van der Waals surface area contributed by atoms with Gasteiger partial charge in [0.2, 0.25) is 15.9 Å². The highest BCUT2D eigenvalue weighted by Crippen LogP contribution is 2.57. The summed E-state index contributed by atoms with van der Waals surface area (Å²) >= 11 is 5.83. The number of halogens is 2. The second-order valence-electron chi connectivity index (χ2n) is 10.4. The van der Waals surface area contributed by atoms with E-state index in [9.17, 15) is 22.9 Å². The quantitative estimate of drug-likeness (QED) is 0.633. The zero-order valence-corrected chi connectivity index (χ0v) is 19.9. The van der Waals surface area contributed by atoms with Crippen LogP contribution in [-0.4, -0.2) is 49.4 Å². The van der Waals surface area contributed by atoms with Crippen LogP contribution in [0.15, 0.2) is 23.1 Å². The first-order valence-electron chi connectivity index (χ1n) is 11.6. The molecule has 7 nitrogen and oxygen atoms in total. The summed E-state index contributed by atoms with van der Waals surface area (Å²) < 4.78 is 43.7. The minimum atomic E-state index is -4.11. The maximum Gasteiger partial charge on any atom is 0.244 e. The van der Waals surface area contributed by atoms with Crippen molar-refractivity contribution >= 4 is 27.5 Å². The highest BCUT2D eigenvalue weighted by atomic mass is 35.5. The lowest BCUT2D eigenvalue weighted by atomic mass is 9.50. The molecule has 178 valence electrons. The number of hydrogen-bond donors (Lipinski definition) is 2. The minimum absolute atomic E-state index is 0.0783. The first kappa shape index (κ1) is 23.0. The SMILES string of the molecule is N#CC1CCCN1C(=O)CNC12CC3CC(C1)CC(NS(=O)(=O)c1cccc(Cl)c1F)(C3)C2. The Hall–Kier alpha value is -1.73. The van der Waals surface area contributed by atoms with E-state index in [4.69, 9.17) is 11.6 Å². The number of nitrogens with zero attached hydrogens (tertiary/aromatic N) is 2. The van der Waals surface area contributed by atoms with Crippen LogP contribution in [0.1, 0.15) is 51.4 Å². The number of likely N-dealkylation sites (tertiary alicyclic amines) is 1. The summed E-state index contributed by atoms with van der Waals surface area (Å²) in [7, 11) is -4.11. The molecule has 0 spiro atoms. The van der Waals surface area contributed by atoms with Crippen LogP contribution >= 0.6 is 11.6 Å². The van der Waals surface area contributed by atoms with Gasteiger partial charge in [0.1, 0.15) is 10.9 Å². The number of rotatable bonds is 6. The standard InChI is InChI=1S/C23H28ClFN4O3S/c24-18-4-1-5-19(21(18)25)33(31,32)28-23-10-15-7-16(11-23)9-22(8-15,14-23)27-13-20(30)29-6-2-3-17(29)12-26/h1,4-5,15-17,27-28H,2-3,6-11,13-14H2. The van der Waals surface area contributed by atoms with E-state index in [1.165, 1.54) is 18.2 Å². The lowest BCUT2D eigenvalue weighted by Crippen LogP contribution is -2.69. The zero-order valence-electron chi connectivity index (χ0n) is 18.3. The van der Waals surface area contributed by atoms with Gasteiger partial charge in [-0.25, -0.2) is 17.5 Å². The van der Waals surface area contributed by atoms with Crippen LogP contribution in [0.25, 0.3) is 0 Å². The Morgan fingerprint density at radius 3 is 2.64 bits per heavy atom. The smallest absolute Gasteiger partial charge is 0.244 e. The molecule has 4 aliphatic carbocycles. The second kappa shape index (κ2) is 8.19. The molecule has 1 aliphatic heterocycles. The molecule has 4 bridgehead atoms. The number of nitriles is 1. The van der Waals surface area contributed by atoms with Gasteiger partial charge in [0, 0.05) is 17.6 Å². The van der Waals surface area contributed by atoms with Crippen molar-refractivity contribution in [2.75, 3.05) is 13.1 Å². The number of carbonyl (C=O) groups is 1. The maximum atomic E-state index is 14.5. The van der Waals surface area contributed by atoms with Gasteiger partial charge in [0.15, 0.2) is 5.82 Å². The molecule has 4 saturated carbocycles. The molecule has 0 aromatic heterocycles. The van der Waals surface area contributed by atoms with Crippen molar-refractivity contribution in [3.63, 3.8) is 0 Å². The number of carbonyl (C=O) groups excluding carboxylic acids is 1. The molecule has 5 fully saturated rings. The fourth-order valence-corrected chi connectivity index (χ4v) is 8.94. The molecule has 3 atom stereocenters. The molecular weight excluding hydrogens is 467 g/mol. The van der Waals surface area contributed by atoms with Crippen molar-refractivity contribution in [2.45, 2.75) is 73.4 Å². The fraction of sp³-hybridized carbons (Fsp3) is 0.652. The van der Waals surface area contributed by atoms with Crippen LogP contribution in [0.3, 0.4) is 0 Å². The van der Waals surface area contributed by atoms with E-state index >= 15 is 0 Å². The Labute approximate surface area is 198 Å². The summed E-state index contributed by atoms with van der Waals surface area (Å²) in [6.45, 7) is 0.745. The lowest BCUT2D eigenvalue weighted by molar-refractivity contribution is -0.131. The number of nitrogens with one attached hydrogen (secondary N) is 2. The molecule has 1 saturated heterocycles. The Balaban J connectivity index is 1.35. The number of hydrogen-bond acceptors (Lipinski definition) is 5. The summed E-state index contributed by atoms with van der Waals surface area (Å²) in [6, 6.07) is 5.84. The summed E-state index contributed by atoms with van der Waals surface area (Å²) in [5.74, 6) is -0.322. The third-order valence-corrected chi connectivity index (χ3v) is 9.84. The van der Waals surface area contributed by atoms with Crippen LogP contribution in [0.2, 0.25) is 5.02 Å². The molecule has 6 rings (SSSR count). The van der Waals surface area contributed by atoms with Gasteiger partial charge in [-0.1, -0.05) is 17.7 Å². The van der Waals surface area contributed by atoms with Crippen LogP contribution in [-0.2, 0) is 14.8 Å². The summed E-state index contributed by atoms with van der Waals surface area (Å²) in [5, 5.41) is 12.6. The van der Waals surface area contributed by atoms with Gasteiger partial charge < -0.3 is 10.2 Å². The first-order valence-corrected chi connectivity index (χ1v) is 13.4. The van der Waals surface area contributed by atoms with Crippen molar-refractivity contribution in [2.24, 2.45) is 11.8 Å². The monoisotopic (exact) mass is 494 g/mol. The van der Waals surface area contributed by atoms with Crippen molar-refractivity contribution in [3.05, 3.63) is 29.0 Å². The molecule has 0 radical (unpaired) electrons. The lowest BCUT2D eigenvalue weighted by Gasteiger charge is -2.62. The molecule has 3 unspecified atom stereocenters. The molecule has 1 aromatic rings. The van der Waals surface area contributed by atoms with Crippen molar-refractivity contribution in [3.8, 4) is 6.07 Å². The van der Waals surface area contributed by atoms with E-state index in [2.05, 4.69) is 16.1 Å². The van der Waals surface area contributed by atoms with Gasteiger partial charge in [-0.05, 0) is 75.3 Å². The molecule has 2 N–H and O–H groups in total. The van der Waals surface area contributed by atoms with E-state index in [0.29, 0.717) is 44.1 Å². The van der Waals surface area contributed by atoms with E-state index < -0.39 is 26.3 Å². The highest BCUT2D eigenvalue weighted by molar-refractivity contribution is 7.89. The van der Waals surface area contributed by atoms with E-state index in [1.54, 1.807) is 4.90 Å². The van der Waals surface area contributed by atoms with Gasteiger partial charge in [-0.3, -0.25) is 4.79 Å². The maximum absolute atomic E-state index is 14.5. The van der Waals surface area contributed by atoms with Crippen molar-refractivity contribution in [1.29, 1.82) is 5.26 Å². The Bertz CT molecular complexity index is 1110. The molecule has 10 heteroatoms. The van der Waals surface area contributed by atoms with Crippen LogP contribution in [0, 0.1) is 29.0 Å². The molecule has 1 heterocycles. The van der Waals surface area contributed by atoms with Gasteiger partial charge in [-0.15, -0.1) is 0 Å². The van der Waals surface area contributed by atoms with Gasteiger partial charge in [0.25, 0.3) is 0 Å². The van der Waals surface area contributed by atoms with Gasteiger partial charge in [0.05, 0.1) is 17.6 Å². The summed E-state index contributed by atoms with van der Waals surface area (Å²) in [6.07, 6.45) is 6.38. The summed E-state index contributed by atoms with van der Waals surface area (Å²) in [4.78, 5) is 14.0. The van der Waals surface area contributed by atoms with Crippen LogP contribution < -0.4 is 10.0 Å². The van der Waals surface area contributed by atoms with Crippen LogP contribution in [0.5, 0.6) is 0 Å². The largest absolute Gasteiger partial charge is 0.326 e. The third-order valence-electron chi connectivity index (χ3n) is 7.95. The Morgan fingerprint density at radius 1 is 1.24 bits per heavy atom. The van der Waals surface area contributed by atoms with Gasteiger partial charge in [-0.2, -0.15) is 5.26 Å².